The quantitative estimate of drug-likeness (QED) is 0.897. The van der Waals surface area contributed by atoms with Crippen LogP contribution in [-0.4, -0.2) is 35.2 Å². The Kier molecular flexibility index (Phi) is 5.31. The topological polar surface area (TPSA) is 42.1 Å². The van der Waals surface area contributed by atoms with Gasteiger partial charge in [0.1, 0.15) is 6.04 Å². The Morgan fingerprint density at radius 2 is 2.00 bits per heavy atom. The zero-order valence-corrected chi connectivity index (χ0v) is 11.4. The van der Waals surface area contributed by atoms with Crippen LogP contribution in [0.1, 0.15) is 24.7 Å². The van der Waals surface area contributed by atoms with E-state index in [1.54, 1.807) is 19.1 Å². The van der Waals surface area contributed by atoms with Crippen molar-refractivity contribution in [2.24, 2.45) is 5.73 Å². The fourth-order valence-corrected chi connectivity index (χ4v) is 2.08. The first-order valence-electron chi connectivity index (χ1n) is 6.20. The molecule has 0 aliphatic rings. The monoisotopic (exact) mass is 275 g/mol. The summed E-state index contributed by atoms with van der Waals surface area (Å²) >= 11 is 0. The molecule has 0 amide bonds. The number of alkyl halides is 3. The highest BCUT2D eigenvalue weighted by Gasteiger charge is 2.45. The number of hydrogen-bond donors (Lipinski definition) is 1. The highest BCUT2D eigenvalue weighted by Crippen LogP contribution is 2.27. The number of pyridine rings is 1. The first-order valence-corrected chi connectivity index (χ1v) is 6.20. The average Bonchev–Trinajstić information content (AvgIpc) is 2.26. The SMILES string of the molecule is CCC(N)C(N(C)Cc1cccc(C)n1)C(F)(F)F. The van der Waals surface area contributed by atoms with E-state index in [1.165, 1.54) is 11.9 Å². The van der Waals surface area contributed by atoms with Gasteiger partial charge in [0.2, 0.25) is 0 Å². The molecule has 0 fully saturated rings. The number of nitrogens with zero attached hydrogens (tertiary/aromatic N) is 2. The molecule has 108 valence electrons. The second-order valence-corrected chi connectivity index (χ2v) is 4.74. The van der Waals surface area contributed by atoms with E-state index in [4.69, 9.17) is 5.73 Å². The maximum Gasteiger partial charge on any atom is 0.405 e. The Morgan fingerprint density at radius 3 is 2.47 bits per heavy atom. The first kappa shape index (κ1) is 15.9. The van der Waals surface area contributed by atoms with Crippen LogP contribution >= 0.6 is 0 Å². The molecule has 19 heavy (non-hydrogen) atoms. The molecule has 2 N–H and O–H groups in total. The lowest BCUT2D eigenvalue weighted by molar-refractivity contribution is -0.187. The van der Waals surface area contributed by atoms with Crippen molar-refractivity contribution in [3.63, 3.8) is 0 Å². The van der Waals surface area contributed by atoms with E-state index < -0.39 is 18.3 Å². The summed E-state index contributed by atoms with van der Waals surface area (Å²) in [5, 5.41) is 0. The van der Waals surface area contributed by atoms with Gasteiger partial charge in [-0.3, -0.25) is 9.88 Å². The van der Waals surface area contributed by atoms with E-state index in [9.17, 15) is 13.2 Å². The van der Waals surface area contributed by atoms with Crippen molar-refractivity contribution < 1.29 is 13.2 Å². The van der Waals surface area contributed by atoms with Gasteiger partial charge in [0.05, 0.1) is 5.69 Å². The van der Waals surface area contributed by atoms with E-state index in [1.807, 2.05) is 13.0 Å². The summed E-state index contributed by atoms with van der Waals surface area (Å²) in [6.45, 7) is 3.59. The predicted molar refractivity (Wildman–Crippen MR) is 68.6 cm³/mol. The van der Waals surface area contributed by atoms with Gasteiger partial charge in [-0.25, -0.2) is 0 Å². The van der Waals surface area contributed by atoms with Crippen molar-refractivity contribution >= 4 is 0 Å². The lowest BCUT2D eigenvalue weighted by Gasteiger charge is -2.33. The Balaban J connectivity index is 2.86. The third kappa shape index (κ3) is 4.47. The molecule has 0 aliphatic carbocycles. The highest BCUT2D eigenvalue weighted by molar-refractivity contribution is 5.10. The smallest absolute Gasteiger partial charge is 0.326 e. The summed E-state index contributed by atoms with van der Waals surface area (Å²) < 4.78 is 39.1. The zero-order chi connectivity index (χ0) is 14.6. The third-order valence-corrected chi connectivity index (χ3v) is 3.04. The standard InChI is InChI=1S/C13H20F3N3/c1-4-11(17)12(13(14,15)16)19(3)8-10-7-5-6-9(2)18-10/h5-7,11-12H,4,8,17H2,1-3H3. The average molecular weight is 275 g/mol. The predicted octanol–water partition coefficient (Wildman–Crippen LogP) is 2.49. The van der Waals surface area contributed by atoms with Crippen molar-refractivity contribution in [2.45, 2.75) is 45.1 Å². The molecule has 2 atom stereocenters. The molecule has 0 spiro atoms. The molecule has 0 aliphatic heterocycles. The number of likely N-dealkylation sites (N-methyl/N-ethyl adjacent to an activating group) is 1. The van der Waals surface area contributed by atoms with Gasteiger partial charge < -0.3 is 5.73 Å². The summed E-state index contributed by atoms with van der Waals surface area (Å²) in [6, 6.07) is 2.72. The fraction of sp³-hybridized carbons (Fsp3) is 0.615. The van der Waals surface area contributed by atoms with Crippen LogP contribution in [0, 0.1) is 6.92 Å². The van der Waals surface area contributed by atoms with Gasteiger partial charge in [-0.2, -0.15) is 13.2 Å². The Bertz CT molecular complexity index is 406. The molecular weight excluding hydrogens is 255 g/mol. The van der Waals surface area contributed by atoms with E-state index in [0.717, 1.165) is 5.69 Å². The van der Waals surface area contributed by atoms with Crippen LogP contribution in [0.25, 0.3) is 0 Å². The summed E-state index contributed by atoms with van der Waals surface area (Å²) in [6.07, 6.45) is -4.07. The van der Waals surface area contributed by atoms with Crippen molar-refractivity contribution in [3.8, 4) is 0 Å². The highest BCUT2D eigenvalue weighted by atomic mass is 19.4. The van der Waals surface area contributed by atoms with Gasteiger partial charge in [0.15, 0.2) is 0 Å². The molecule has 1 aromatic rings. The molecule has 0 bridgehead atoms. The number of aromatic nitrogens is 1. The second kappa shape index (κ2) is 6.34. The number of nitrogens with two attached hydrogens (primary N) is 1. The summed E-state index contributed by atoms with van der Waals surface area (Å²) in [5.41, 5.74) is 7.00. The van der Waals surface area contributed by atoms with E-state index >= 15 is 0 Å². The minimum atomic E-state index is -4.34. The lowest BCUT2D eigenvalue weighted by Crippen LogP contribution is -2.54. The van der Waals surface area contributed by atoms with Gasteiger partial charge in [-0.05, 0) is 32.5 Å². The van der Waals surface area contributed by atoms with Gasteiger partial charge in [-0.15, -0.1) is 0 Å². The zero-order valence-electron chi connectivity index (χ0n) is 11.4. The molecule has 0 aromatic carbocycles. The molecule has 0 saturated heterocycles. The minimum absolute atomic E-state index is 0.125. The van der Waals surface area contributed by atoms with Crippen LogP contribution < -0.4 is 5.73 Å². The van der Waals surface area contributed by atoms with Crippen molar-refractivity contribution in [1.82, 2.24) is 9.88 Å². The molecule has 3 nitrogen and oxygen atoms in total. The summed E-state index contributed by atoms with van der Waals surface area (Å²) in [4.78, 5) is 5.43. The molecule has 0 radical (unpaired) electrons. The number of hydrogen-bond acceptors (Lipinski definition) is 3. The maximum atomic E-state index is 13.0. The normalized spacial score (nSPS) is 15.6. The van der Waals surface area contributed by atoms with E-state index in [0.29, 0.717) is 5.69 Å². The third-order valence-electron chi connectivity index (χ3n) is 3.04. The van der Waals surface area contributed by atoms with Gasteiger partial charge in [0.25, 0.3) is 0 Å². The van der Waals surface area contributed by atoms with Crippen LogP contribution in [0.3, 0.4) is 0 Å². The summed E-state index contributed by atoms with van der Waals surface area (Å²) in [7, 11) is 1.43. The number of rotatable bonds is 5. The Labute approximate surface area is 111 Å². The van der Waals surface area contributed by atoms with Crippen LogP contribution in [0.5, 0.6) is 0 Å². The fourth-order valence-electron chi connectivity index (χ4n) is 2.08. The molecule has 1 rings (SSSR count). The van der Waals surface area contributed by atoms with Gasteiger partial charge >= 0.3 is 6.18 Å². The van der Waals surface area contributed by atoms with Gasteiger partial charge in [-0.1, -0.05) is 13.0 Å². The Morgan fingerprint density at radius 1 is 1.37 bits per heavy atom. The van der Waals surface area contributed by atoms with E-state index in [2.05, 4.69) is 4.98 Å². The largest absolute Gasteiger partial charge is 0.405 e. The van der Waals surface area contributed by atoms with Crippen LogP contribution in [0.2, 0.25) is 0 Å². The van der Waals surface area contributed by atoms with Crippen molar-refractivity contribution in [2.75, 3.05) is 7.05 Å². The molecule has 2 unspecified atom stereocenters. The molecule has 6 heteroatoms. The molecule has 0 saturated carbocycles. The number of halogens is 3. The maximum absolute atomic E-state index is 13.0. The second-order valence-electron chi connectivity index (χ2n) is 4.74. The van der Waals surface area contributed by atoms with Crippen LogP contribution in [0.15, 0.2) is 18.2 Å². The Hall–Kier alpha value is -1.14. The van der Waals surface area contributed by atoms with Crippen LogP contribution in [0.4, 0.5) is 13.2 Å². The summed E-state index contributed by atoms with van der Waals surface area (Å²) in [5.74, 6) is 0. The van der Waals surface area contributed by atoms with Gasteiger partial charge in [0, 0.05) is 18.3 Å². The lowest BCUT2D eigenvalue weighted by atomic mass is 10.0. The van der Waals surface area contributed by atoms with Crippen LogP contribution in [-0.2, 0) is 6.54 Å². The molecular formula is C13H20F3N3. The van der Waals surface area contributed by atoms with Crippen molar-refractivity contribution in [1.29, 1.82) is 0 Å². The minimum Gasteiger partial charge on any atom is -0.326 e. The number of aryl methyl sites for hydroxylation is 1. The molecule has 1 aromatic heterocycles. The van der Waals surface area contributed by atoms with Crippen molar-refractivity contribution in [3.05, 3.63) is 29.6 Å². The van der Waals surface area contributed by atoms with E-state index in [-0.39, 0.29) is 13.0 Å². The molecule has 1 heterocycles. The first-order chi connectivity index (χ1) is 8.75.